The Morgan fingerprint density at radius 1 is 1.29 bits per heavy atom. The van der Waals surface area contributed by atoms with Crippen LogP contribution in [-0.2, 0) is 6.42 Å². The SMILES string of the molecule is C=CC[C@H]1Cc2c(Br)cccc2[C@@H](CC=C)[NH2+]1. The predicted molar refractivity (Wildman–Crippen MR) is 75.9 cm³/mol. The van der Waals surface area contributed by atoms with Crippen LogP contribution >= 0.6 is 15.9 Å². The van der Waals surface area contributed by atoms with Crippen LogP contribution in [0.2, 0.25) is 0 Å². The Kier molecular flexibility index (Phi) is 4.19. The van der Waals surface area contributed by atoms with E-state index in [-0.39, 0.29) is 0 Å². The van der Waals surface area contributed by atoms with E-state index in [0.29, 0.717) is 12.1 Å². The number of hydrogen-bond donors (Lipinski definition) is 1. The highest BCUT2D eigenvalue weighted by atomic mass is 79.9. The van der Waals surface area contributed by atoms with Crippen LogP contribution in [0, 0.1) is 0 Å². The van der Waals surface area contributed by atoms with E-state index < -0.39 is 0 Å². The zero-order valence-corrected chi connectivity index (χ0v) is 11.6. The fraction of sp³-hybridized carbons (Fsp3) is 0.333. The van der Waals surface area contributed by atoms with Crippen molar-refractivity contribution in [3.05, 3.63) is 59.1 Å². The molecule has 1 aromatic rings. The molecule has 0 saturated carbocycles. The summed E-state index contributed by atoms with van der Waals surface area (Å²) < 4.78 is 1.24. The van der Waals surface area contributed by atoms with E-state index in [2.05, 4.69) is 52.6 Å². The van der Waals surface area contributed by atoms with Gasteiger partial charge in [-0.1, -0.05) is 40.2 Å². The predicted octanol–water partition coefficient (Wildman–Crippen LogP) is 3.13. The average molecular weight is 293 g/mol. The maximum Gasteiger partial charge on any atom is 0.116 e. The molecule has 0 aromatic heterocycles. The maximum atomic E-state index is 3.87. The number of hydrogen-bond acceptors (Lipinski definition) is 0. The van der Waals surface area contributed by atoms with Gasteiger partial charge in [-0.25, -0.2) is 0 Å². The molecule has 1 aliphatic rings. The number of halogens is 1. The van der Waals surface area contributed by atoms with Gasteiger partial charge in [0.15, 0.2) is 0 Å². The van der Waals surface area contributed by atoms with E-state index in [0.717, 1.165) is 19.3 Å². The van der Waals surface area contributed by atoms with Crippen molar-refractivity contribution in [2.75, 3.05) is 0 Å². The highest BCUT2D eigenvalue weighted by Crippen LogP contribution is 2.29. The lowest BCUT2D eigenvalue weighted by Crippen LogP contribution is -2.92. The molecule has 0 aliphatic carbocycles. The zero-order valence-electron chi connectivity index (χ0n) is 10.0. The van der Waals surface area contributed by atoms with Crippen LogP contribution in [0.3, 0.4) is 0 Å². The normalized spacial score (nSPS) is 22.9. The van der Waals surface area contributed by atoms with Gasteiger partial charge in [-0.05, 0) is 11.6 Å². The van der Waals surface area contributed by atoms with Gasteiger partial charge in [-0.3, -0.25) is 0 Å². The zero-order chi connectivity index (χ0) is 12.3. The van der Waals surface area contributed by atoms with Gasteiger partial charge in [0.2, 0.25) is 0 Å². The molecule has 17 heavy (non-hydrogen) atoms. The van der Waals surface area contributed by atoms with Crippen molar-refractivity contribution in [3.63, 3.8) is 0 Å². The van der Waals surface area contributed by atoms with Crippen LogP contribution in [0.4, 0.5) is 0 Å². The third kappa shape index (κ3) is 2.70. The van der Waals surface area contributed by atoms with Gasteiger partial charge in [0.25, 0.3) is 0 Å². The fourth-order valence-electron chi connectivity index (χ4n) is 2.66. The standard InChI is InChI=1S/C15H18BrN/c1-3-6-11-10-13-12(8-5-9-14(13)16)15(17-11)7-4-2/h3-5,8-9,11,15,17H,1-2,6-7,10H2/p+1/t11-,15+/m0/s1. The Morgan fingerprint density at radius 3 is 2.76 bits per heavy atom. The molecule has 1 heterocycles. The van der Waals surface area contributed by atoms with Crippen molar-refractivity contribution in [2.45, 2.75) is 31.3 Å². The first-order valence-electron chi connectivity index (χ1n) is 6.10. The van der Waals surface area contributed by atoms with Gasteiger partial charge >= 0.3 is 0 Å². The Hall–Kier alpha value is -0.860. The van der Waals surface area contributed by atoms with Crippen molar-refractivity contribution in [1.29, 1.82) is 0 Å². The van der Waals surface area contributed by atoms with E-state index in [1.165, 1.54) is 15.6 Å². The van der Waals surface area contributed by atoms with Crippen LogP contribution < -0.4 is 5.32 Å². The quantitative estimate of drug-likeness (QED) is 0.821. The molecule has 2 rings (SSSR count). The molecule has 0 unspecified atom stereocenters. The minimum absolute atomic E-state index is 0.513. The molecule has 1 nitrogen and oxygen atoms in total. The summed E-state index contributed by atoms with van der Waals surface area (Å²) in [6.45, 7) is 7.72. The number of quaternary nitrogens is 1. The lowest BCUT2D eigenvalue weighted by molar-refractivity contribution is -0.730. The van der Waals surface area contributed by atoms with Crippen molar-refractivity contribution >= 4 is 15.9 Å². The largest absolute Gasteiger partial charge is 0.337 e. The molecule has 0 saturated heterocycles. The van der Waals surface area contributed by atoms with Gasteiger partial charge in [-0.15, -0.1) is 13.2 Å². The Bertz CT molecular complexity index is 425. The summed E-state index contributed by atoms with van der Waals surface area (Å²) in [4.78, 5) is 0. The monoisotopic (exact) mass is 292 g/mol. The molecule has 0 radical (unpaired) electrons. The molecular formula is C15H19BrN+. The Balaban J connectivity index is 2.34. The van der Waals surface area contributed by atoms with Crippen molar-refractivity contribution < 1.29 is 5.32 Å². The molecule has 1 aliphatic heterocycles. The summed E-state index contributed by atoms with van der Waals surface area (Å²) in [6, 6.07) is 7.64. The minimum Gasteiger partial charge on any atom is -0.337 e. The second-order valence-electron chi connectivity index (χ2n) is 4.62. The lowest BCUT2D eigenvalue weighted by Gasteiger charge is -2.29. The highest BCUT2D eigenvalue weighted by molar-refractivity contribution is 9.10. The lowest BCUT2D eigenvalue weighted by atomic mass is 9.87. The van der Waals surface area contributed by atoms with Gasteiger partial charge in [0.1, 0.15) is 6.04 Å². The third-order valence-electron chi connectivity index (χ3n) is 3.42. The molecule has 0 fully saturated rings. The maximum absolute atomic E-state index is 3.87. The first-order chi connectivity index (χ1) is 8.26. The smallest absolute Gasteiger partial charge is 0.116 e. The van der Waals surface area contributed by atoms with Crippen LogP contribution in [-0.4, -0.2) is 6.04 Å². The summed E-state index contributed by atoms with van der Waals surface area (Å²) >= 11 is 3.67. The van der Waals surface area contributed by atoms with E-state index in [1.54, 1.807) is 0 Å². The van der Waals surface area contributed by atoms with E-state index in [4.69, 9.17) is 0 Å². The third-order valence-corrected chi connectivity index (χ3v) is 4.16. The van der Waals surface area contributed by atoms with Gasteiger partial charge < -0.3 is 5.32 Å². The Morgan fingerprint density at radius 2 is 2.06 bits per heavy atom. The molecule has 2 N–H and O–H groups in total. The van der Waals surface area contributed by atoms with Gasteiger partial charge in [0.05, 0.1) is 6.04 Å². The molecule has 0 spiro atoms. The number of nitrogens with two attached hydrogens (primary N) is 1. The molecule has 1 aromatic carbocycles. The first kappa shape index (κ1) is 12.6. The number of benzene rings is 1. The van der Waals surface area contributed by atoms with Crippen LogP contribution in [0.5, 0.6) is 0 Å². The fourth-order valence-corrected chi connectivity index (χ4v) is 3.20. The minimum atomic E-state index is 0.513. The summed E-state index contributed by atoms with van der Waals surface area (Å²) in [5.74, 6) is 0. The molecular weight excluding hydrogens is 274 g/mol. The number of rotatable bonds is 4. The number of fused-ring (bicyclic) bond motifs is 1. The second kappa shape index (κ2) is 5.65. The van der Waals surface area contributed by atoms with Crippen molar-refractivity contribution in [1.82, 2.24) is 0 Å². The summed E-state index contributed by atoms with van der Waals surface area (Å²) in [7, 11) is 0. The summed E-state index contributed by atoms with van der Waals surface area (Å²) in [5.41, 5.74) is 2.92. The molecule has 90 valence electrons. The summed E-state index contributed by atoms with van der Waals surface area (Å²) in [6.07, 6.45) is 7.25. The molecule has 0 bridgehead atoms. The van der Waals surface area contributed by atoms with Crippen molar-refractivity contribution in [2.24, 2.45) is 0 Å². The summed E-state index contributed by atoms with van der Waals surface area (Å²) in [5, 5.41) is 2.47. The van der Waals surface area contributed by atoms with Gasteiger partial charge in [0, 0.05) is 29.3 Å². The molecule has 2 heteroatoms. The average Bonchev–Trinajstić information content (AvgIpc) is 2.31. The first-order valence-corrected chi connectivity index (χ1v) is 6.89. The topological polar surface area (TPSA) is 16.6 Å². The van der Waals surface area contributed by atoms with Gasteiger partial charge in [-0.2, -0.15) is 0 Å². The van der Waals surface area contributed by atoms with Crippen LogP contribution in [0.15, 0.2) is 48.0 Å². The highest BCUT2D eigenvalue weighted by Gasteiger charge is 2.29. The molecule has 0 amide bonds. The van der Waals surface area contributed by atoms with Crippen LogP contribution in [0.1, 0.15) is 30.0 Å². The van der Waals surface area contributed by atoms with E-state index >= 15 is 0 Å². The van der Waals surface area contributed by atoms with E-state index in [1.807, 2.05) is 12.2 Å². The Labute approximate surface area is 112 Å². The second-order valence-corrected chi connectivity index (χ2v) is 5.47. The van der Waals surface area contributed by atoms with Crippen LogP contribution in [0.25, 0.3) is 0 Å². The van der Waals surface area contributed by atoms with E-state index in [9.17, 15) is 0 Å². The van der Waals surface area contributed by atoms with Crippen molar-refractivity contribution in [3.8, 4) is 0 Å². The molecule has 2 atom stereocenters.